The molecule has 0 unspecified atom stereocenters. The zero-order valence-corrected chi connectivity index (χ0v) is 14.6. The maximum absolute atomic E-state index is 12.5. The zero-order chi connectivity index (χ0) is 18.1. The van der Waals surface area contributed by atoms with Crippen molar-refractivity contribution < 1.29 is 14.3 Å². The number of amides is 2. The Hall–Kier alpha value is -2.82. The summed E-state index contributed by atoms with van der Waals surface area (Å²) in [6, 6.07) is 16.3. The molecular weight excluding hydrogens is 316 g/mol. The fourth-order valence-electron chi connectivity index (χ4n) is 2.57. The average molecular weight is 340 g/mol. The molecule has 0 saturated heterocycles. The van der Waals surface area contributed by atoms with E-state index >= 15 is 0 Å². The van der Waals surface area contributed by atoms with Crippen LogP contribution in [0.4, 0.5) is 0 Å². The van der Waals surface area contributed by atoms with Crippen LogP contribution in [0.15, 0.2) is 54.6 Å². The molecule has 0 spiro atoms. The van der Waals surface area contributed by atoms with Crippen LogP contribution in [0.3, 0.4) is 0 Å². The number of rotatable bonds is 7. The van der Waals surface area contributed by atoms with E-state index in [1.807, 2.05) is 44.2 Å². The van der Waals surface area contributed by atoms with Crippen molar-refractivity contribution in [1.82, 2.24) is 10.9 Å². The van der Waals surface area contributed by atoms with E-state index < -0.39 is 0 Å². The number of nitrogens with one attached hydrogen (secondary N) is 2. The maximum Gasteiger partial charge on any atom is 0.269 e. The molecule has 0 aromatic heterocycles. The van der Waals surface area contributed by atoms with Gasteiger partial charge in [-0.1, -0.05) is 43.7 Å². The summed E-state index contributed by atoms with van der Waals surface area (Å²) in [7, 11) is 0. The molecule has 0 aliphatic carbocycles. The van der Waals surface area contributed by atoms with Crippen molar-refractivity contribution >= 4 is 11.8 Å². The average Bonchev–Trinajstić information content (AvgIpc) is 2.65. The van der Waals surface area contributed by atoms with E-state index in [0.717, 1.165) is 18.4 Å². The van der Waals surface area contributed by atoms with Crippen LogP contribution in [0.1, 0.15) is 48.5 Å². The predicted molar refractivity (Wildman–Crippen MR) is 97.3 cm³/mol. The minimum Gasteiger partial charge on any atom is -0.494 e. The first-order valence-corrected chi connectivity index (χ1v) is 8.53. The number of carbonyl (C=O) groups is 2. The van der Waals surface area contributed by atoms with Crippen molar-refractivity contribution in [1.29, 1.82) is 0 Å². The Kier molecular flexibility index (Phi) is 7.01. The van der Waals surface area contributed by atoms with Gasteiger partial charge in [0, 0.05) is 5.56 Å². The lowest BCUT2D eigenvalue weighted by Crippen LogP contribution is -2.44. The summed E-state index contributed by atoms with van der Waals surface area (Å²) in [5.41, 5.74) is 6.41. The van der Waals surface area contributed by atoms with Gasteiger partial charge in [-0.15, -0.1) is 0 Å². The third-order valence-electron chi connectivity index (χ3n) is 3.82. The lowest BCUT2D eigenvalue weighted by molar-refractivity contribution is -0.123. The molecule has 2 aromatic rings. The van der Waals surface area contributed by atoms with Crippen LogP contribution in [-0.2, 0) is 4.79 Å². The van der Waals surface area contributed by atoms with Gasteiger partial charge in [-0.05, 0) is 43.2 Å². The summed E-state index contributed by atoms with van der Waals surface area (Å²) in [6.07, 6.45) is 1.59. The zero-order valence-electron chi connectivity index (χ0n) is 14.6. The van der Waals surface area contributed by atoms with Gasteiger partial charge in [0.1, 0.15) is 5.75 Å². The summed E-state index contributed by atoms with van der Waals surface area (Å²) in [4.78, 5) is 24.6. The second-order valence-electron chi connectivity index (χ2n) is 5.65. The quantitative estimate of drug-likeness (QED) is 0.759. The first-order valence-electron chi connectivity index (χ1n) is 8.53. The van der Waals surface area contributed by atoms with Gasteiger partial charge in [0.25, 0.3) is 5.91 Å². The highest BCUT2D eigenvalue weighted by molar-refractivity contribution is 5.96. The molecule has 2 aromatic carbocycles. The monoisotopic (exact) mass is 340 g/mol. The molecule has 1 atom stereocenters. The number of carbonyl (C=O) groups excluding carboxylic acids is 2. The van der Waals surface area contributed by atoms with E-state index in [1.165, 1.54) is 0 Å². The molecule has 5 heteroatoms. The summed E-state index contributed by atoms with van der Waals surface area (Å²) in [5, 5.41) is 0. The van der Waals surface area contributed by atoms with Gasteiger partial charge in [0.2, 0.25) is 5.91 Å². The maximum atomic E-state index is 12.5. The van der Waals surface area contributed by atoms with Crippen molar-refractivity contribution in [2.24, 2.45) is 0 Å². The normalized spacial score (nSPS) is 11.4. The Balaban J connectivity index is 1.96. The molecule has 0 saturated carbocycles. The molecular formula is C20H24N2O3. The Morgan fingerprint density at radius 2 is 1.64 bits per heavy atom. The van der Waals surface area contributed by atoms with Gasteiger partial charge in [0.05, 0.1) is 12.5 Å². The molecule has 0 fully saturated rings. The molecule has 0 radical (unpaired) electrons. The first-order chi connectivity index (χ1) is 12.2. The number of benzene rings is 2. The molecule has 0 aliphatic rings. The van der Waals surface area contributed by atoms with E-state index in [0.29, 0.717) is 17.9 Å². The first kappa shape index (κ1) is 18.5. The fourth-order valence-corrected chi connectivity index (χ4v) is 2.57. The van der Waals surface area contributed by atoms with Crippen molar-refractivity contribution in [2.45, 2.75) is 32.6 Å². The van der Waals surface area contributed by atoms with E-state index in [4.69, 9.17) is 4.74 Å². The number of hydrogen-bond acceptors (Lipinski definition) is 3. The van der Waals surface area contributed by atoms with Crippen molar-refractivity contribution in [3.63, 3.8) is 0 Å². The van der Waals surface area contributed by atoms with Crippen LogP contribution >= 0.6 is 0 Å². The standard InChI is InChI=1S/C20H24N2O3/c1-3-8-18(15-9-6-5-7-10-15)20(24)22-21-19(23)16-11-13-17(14-12-16)25-4-2/h5-7,9-14,18H,3-4,8H2,1-2H3,(H,21,23)(H,22,24)/t18-/m0/s1. The minimum absolute atomic E-state index is 0.215. The van der Waals surface area contributed by atoms with Gasteiger partial charge < -0.3 is 4.74 Å². The van der Waals surface area contributed by atoms with E-state index in [9.17, 15) is 9.59 Å². The second-order valence-corrected chi connectivity index (χ2v) is 5.65. The number of hydrogen-bond donors (Lipinski definition) is 2. The highest BCUT2D eigenvalue weighted by Crippen LogP contribution is 2.21. The SMILES string of the molecule is CCC[C@H](C(=O)NNC(=O)c1ccc(OCC)cc1)c1ccccc1. The van der Waals surface area contributed by atoms with Crippen LogP contribution < -0.4 is 15.6 Å². The van der Waals surface area contributed by atoms with Crippen LogP contribution in [0.25, 0.3) is 0 Å². The van der Waals surface area contributed by atoms with Crippen molar-refractivity contribution in [3.8, 4) is 5.75 Å². The summed E-state index contributed by atoms with van der Waals surface area (Å²) in [5.74, 6) is -0.158. The smallest absolute Gasteiger partial charge is 0.269 e. The van der Waals surface area contributed by atoms with Crippen molar-refractivity contribution in [3.05, 3.63) is 65.7 Å². The summed E-state index contributed by atoms with van der Waals surface area (Å²) < 4.78 is 5.34. The van der Waals surface area contributed by atoms with E-state index in [1.54, 1.807) is 24.3 Å². The Morgan fingerprint density at radius 1 is 0.960 bits per heavy atom. The molecule has 132 valence electrons. The predicted octanol–water partition coefficient (Wildman–Crippen LogP) is 3.43. The lowest BCUT2D eigenvalue weighted by Gasteiger charge is -2.17. The largest absolute Gasteiger partial charge is 0.494 e. The Morgan fingerprint density at radius 3 is 2.24 bits per heavy atom. The van der Waals surface area contributed by atoms with Gasteiger partial charge in [-0.2, -0.15) is 0 Å². The number of ether oxygens (including phenoxy) is 1. The molecule has 25 heavy (non-hydrogen) atoms. The minimum atomic E-state index is -0.361. The number of hydrazine groups is 1. The molecule has 0 heterocycles. The van der Waals surface area contributed by atoms with E-state index in [-0.39, 0.29) is 17.7 Å². The fraction of sp³-hybridized carbons (Fsp3) is 0.300. The Labute approximate surface area is 148 Å². The molecule has 5 nitrogen and oxygen atoms in total. The molecule has 0 bridgehead atoms. The van der Waals surface area contributed by atoms with Crippen LogP contribution in [0, 0.1) is 0 Å². The third-order valence-corrected chi connectivity index (χ3v) is 3.82. The van der Waals surface area contributed by atoms with Crippen molar-refractivity contribution in [2.75, 3.05) is 6.61 Å². The van der Waals surface area contributed by atoms with Gasteiger partial charge in [-0.3, -0.25) is 20.4 Å². The molecule has 2 N–H and O–H groups in total. The molecule has 0 aliphatic heterocycles. The third kappa shape index (κ3) is 5.35. The van der Waals surface area contributed by atoms with Crippen LogP contribution in [0.5, 0.6) is 5.75 Å². The highest BCUT2D eigenvalue weighted by atomic mass is 16.5. The Bertz CT molecular complexity index is 684. The second kappa shape index (κ2) is 9.47. The summed E-state index contributed by atoms with van der Waals surface area (Å²) >= 11 is 0. The highest BCUT2D eigenvalue weighted by Gasteiger charge is 2.20. The van der Waals surface area contributed by atoms with Gasteiger partial charge in [0.15, 0.2) is 0 Å². The van der Waals surface area contributed by atoms with Gasteiger partial charge >= 0.3 is 0 Å². The van der Waals surface area contributed by atoms with Crippen LogP contribution in [0.2, 0.25) is 0 Å². The molecule has 2 rings (SSSR count). The topological polar surface area (TPSA) is 67.4 Å². The molecule has 2 amide bonds. The lowest BCUT2D eigenvalue weighted by atomic mass is 9.94. The van der Waals surface area contributed by atoms with Gasteiger partial charge in [-0.25, -0.2) is 0 Å². The van der Waals surface area contributed by atoms with Crippen LogP contribution in [-0.4, -0.2) is 18.4 Å². The van der Waals surface area contributed by atoms with E-state index in [2.05, 4.69) is 10.9 Å². The summed E-state index contributed by atoms with van der Waals surface area (Å²) in [6.45, 7) is 4.50.